The molecule has 1 aliphatic rings. The van der Waals surface area contributed by atoms with Gasteiger partial charge in [-0.1, -0.05) is 0 Å². The minimum absolute atomic E-state index is 0.0554. The monoisotopic (exact) mass is 324 g/mol. The van der Waals surface area contributed by atoms with Crippen LogP contribution < -0.4 is 4.74 Å². The fourth-order valence-electron chi connectivity index (χ4n) is 3.42. The smallest absolute Gasteiger partial charge is 0.270 e. The Balaban J connectivity index is 1.57. The third-order valence-corrected chi connectivity index (χ3v) is 4.66. The van der Waals surface area contributed by atoms with E-state index >= 15 is 0 Å². The Morgan fingerprint density at radius 3 is 3.12 bits per heavy atom. The van der Waals surface area contributed by atoms with Gasteiger partial charge in [0.05, 0.1) is 19.7 Å². The summed E-state index contributed by atoms with van der Waals surface area (Å²) in [5.41, 5.74) is 1.55. The zero-order chi connectivity index (χ0) is 16.5. The standard InChI is InChI=1S/C18H20N4O2/c1-24-15-6-5-13-10-17(20-16(13)11-15)18(23)22-9-2-4-14(22)12-21-8-3-7-19-21/h3,5-8,10-11,14,20H,2,4,9,12H2,1H3. The Bertz CT molecular complexity index is 853. The number of ether oxygens (including phenoxy) is 1. The Morgan fingerprint density at radius 1 is 1.42 bits per heavy atom. The maximum atomic E-state index is 12.9. The second-order valence-corrected chi connectivity index (χ2v) is 6.16. The number of fused-ring (bicyclic) bond motifs is 1. The summed E-state index contributed by atoms with van der Waals surface area (Å²) in [5.74, 6) is 0.834. The van der Waals surface area contributed by atoms with Gasteiger partial charge in [0.25, 0.3) is 5.91 Å². The first-order valence-electron chi connectivity index (χ1n) is 8.20. The van der Waals surface area contributed by atoms with Crippen LogP contribution in [0.15, 0.2) is 42.7 Å². The number of aromatic nitrogens is 3. The summed E-state index contributed by atoms with van der Waals surface area (Å²) >= 11 is 0. The van der Waals surface area contributed by atoms with Crippen LogP contribution >= 0.6 is 0 Å². The molecule has 3 heterocycles. The first-order valence-corrected chi connectivity index (χ1v) is 8.20. The van der Waals surface area contributed by atoms with E-state index < -0.39 is 0 Å². The molecule has 0 aliphatic carbocycles. The molecular weight excluding hydrogens is 304 g/mol. The predicted octanol–water partition coefficient (Wildman–Crippen LogP) is 2.68. The van der Waals surface area contributed by atoms with Gasteiger partial charge in [0.15, 0.2) is 0 Å². The van der Waals surface area contributed by atoms with Crippen molar-refractivity contribution in [2.24, 2.45) is 0 Å². The average molecular weight is 324 g/mol. The molecule has 4 rings (SSSR count). The second kappa shape index (κ2) is 6.03. The molecule has 24 heavy (non-hydrogen) atoms. The molecular formula is C18H20N4O2. The van der Waals surface area contributed by atoms with Gasteiger partial charge in [-0.2, -0.15) is 5.10 Å². The van der Waals surface area contributed by atoms with Gasteiger partial charge in [-0.25, -0.2) is 0 Å². The van der Waals surface area contributed by atoms with E-state index in [1.165, 1.54) is 0 Å². The highest BCUT2D eigenvalue weighted by Crippen LogP contribution is 2.25. The predicted molar refractivity (Wildman–Crippen MR) is 91.1 cm³/mol. The van der Waals surface area contributed by atoms with Crippen molar-refractivity contribution in [3.63, 3.8) is 0 Å². The molecule has 6 heteroatoms. The molecule has 1 atom stereocenters. The van der Waals surface area contributed by atoms with Crippen LogP contribution in [0.5, 0.6) is 5.75 Å². The number of nitrogens with zero attached hydrogens (tertiary/aromatic N) is 3. The number of benzene rings is 1. The quantitative estimate of drug-likeness (QED) is 0.802. The Kier molecular flexibility index (Phi) is 3.72. The van der Waals surface area contributed by atoms with E-state index in [2.05, 4.69) is 10.1 Å². The number of rotatable bonds is 4. The molecule has 6 nitrogen and oxygen atoms in total. The molecule has 1 aliphatic heterocycles. The molecule has 0 bridgehead atoms. The lowest BCUT2D eigenvalue weighted by Crippen LogP contribution is -2.38. The summed E-state index contributed by atoms with van der Waals surface area (Å²) in [7, 11) is 1.64. The van der Waals surface area contributed by atoms with Crippen molar-refractivity contribution in [3.8, 4) is 5.75 Å². The van der Waals surface area contributed by atoms with Crippen molar-refractivity contribution in [1.82, 2.24) is 19.7 Å². The number of aromatic amines is 1. The molecule has 2 aromatic heterocycles. The van der Waals surface area contributed by atoms with Gasteiger partial charge in [0.1, 0.15) is 11.4 Å². The molecule has 0 spiro atoms. The van der Waals surface area contributed by atoms with E-state index in [4.69, 9.17) is 4.74 Å². The molecule has 0 saturated carbocycles. The molecule has 0 radical (unpaired) electrons. The summed E-state index contributed by atoms with van der Waals surface area (Å²) < 4.78 is 7.14. The van der Waals surface area contributed by atoms with Crippen LogP contribution in [0.2, 0.25) is 0 Å². The number of likely N-dealkylation sites (tertiary alicyclic amines) is 1. The fraction of sp³-hybridized carbons (Fsp3) is 0.333. The van der Waals surface area contributed by atoms with Crippen LogP contribution in [-0.4, -0.2) is 45.3 Å². The Morgan fingerprint density at radius 2 is 2.33 bits per heavy atom. The Hall–Kier alpha value is -2.76. The summed E-state index contributed by atoms with van der Waals surface area (Å²) in [5, 5.41) is 5.27. The third-order valence-electron chi connectivity index (χ3n) is 4.66. The number of H-pyrrole nitrogens is 1. The SMILES string of the molecule is COc1ccc2cc(C(=O)N3CCCC3Cn3cccn3)[nH]c2c1. The number of carbonyl (C=O) groups excluding carboxylic acids is 1. The van der Waals surface area contributed by atoms with Gasteiger partial charge in [-0.05, 0) is 37.1 Å². The topological polar surface area (TPSA) is 63.1 Å². The maximum Gasteiger partial charge on any atom is 0.270 e. The number of hydrogen-bond acceptors (Lipinski definition) is 3. The molecule has 1 amide bonds. The zero-order valence-corrected chi connectivity index (χ0v) is 13.6. The van der Waals surface area contributed by atoms with Gasteiger partial charge in [-0.3, -0.25) is 9.48 Å². The van der Waals surface area contributed by atoms with Crippen LogP contribution in [0, 0.1) is 0 Å². The lowest BCUT2D eigenvalue weighted by molar-refractivity contribution is 0.0716. The van der Waals surface area contributed by atoms with Crippen molar-refractivity contribution < 1.29 is 9.53 Å². The minimum Gasteiger partial charge on any atom is -0.497 e. The molecule has 1 aromatic carbocycles. The molecule has 1 unspecified atom stereocenters. The van der Waals surface area contributed by atoms with Gasteiger partial charge in [0, 0.05) is 35.9 Å². The van der Waals surface area contributed by atoms with E-state index in [-0.39, 0.29) is 11.9 Å². The fourth-order valence-corrected chi connectivity index (χ4v) is 3.42. The highest BCUT2D eigenvalue weighted by atomic mass is 16.5. The lowest BCUT2D eigenvalue weighted by atomic mass is 10.2. The minimum atomic E-state index is 0.0554. The number of carbonyl (C=O) groups is 1. The average Bonchev–Trinajstić information content (AvgIpc) is 3.34. The largest absolute Gasteiger partial charge is 0.497 e. The van der Waals surface area contributed by atoms with Crippen molar-refractivity contribution in [3.05, 3.63) is 48.4 Å². The summed E-state index contributed by atoms with van der Waals surface area (Å²) in [6.45, 7) is 1.54. The summed E-state index contributed by atoms with van der Waals surface area (Å²) in [6.07, 6.45) is 5.76. The maximum absolute atomic E-state index is 12.9. The van der Waals surface area contributed by atoms with Crippen LogP contribution in [0.4, 0.5) is 0 Å². The lowest BCUT2D eigenvalue weighted by Gasteiger charge is -2.24. The molecule has 3 aromatic rings. The highest BCUT2D eigenvalue weighted by Gasteiger charge is 2.30. The first-order chi connectivity index (χ1) is 11.7. The second-order valence-electron chi connectivity index (χ2n) is 6.16. The van der Waals surface area contributed by atoms with E-state index in [0.29, 0.717) is 5.69 Å². The van der Waals surface area contributed by atoms with Crippen molar-refractivity contribution in [2.45, 2.75) is 25.4 Å². The molecule has 1 N–H and O–H groups in total. The van der Waals surface area contributed by atoms with E-state index in [0.717, 1.165) is 42.6 Å². The van der Waals surface area contributed by atoms with Crippen molar-refractivity contribution in [1.29, 1.82) is 0 Å². The first kappa shape index (κ1) is 14.8. The van der Waals surface area contributed by atoms with Crippen LogP contribution in [-0.2, 0) is 6.54 Å². The summed E-state index contributed by atoms with van der Waals surface area (Å²) in [6, 6.07) is 9.80. The van der Waals surface area contributed by atoms with Gasteiger partial charge < -0.3 is 14.6 Å². The van der Waals surface area contributed by atoms with Crippen LogP contribution in [0.25, 0.3) is 10.9 Å². The summed E-state index contributed by atoms with van der Waals surface area (Å²) in [4.78, 5) is 18.1. The van der Waals surface area contributed by atoms with Crippen LogP contribution in [0.3, 0.4) is 0 Å². The number of methoxy groups -OCH3 is 1. The van der Waals surface area contributed by atoms with Gasteiger partial charge in [0.2, 0.25) is 0 Å². The number of amides is 1. The van der Waals surface area contributed by atoms with Crippen molar-refractivity contribution >= 4 is 16.8 Å². The zero-order valence-electron chi connectivity index (χ0n) is 13.6. The normalized spacial score (nSPS) is 17.5. The highest BCUT2D eigenvalue weighted by molar-refractivity contribution is 5.98. The van der Waals surface area contributed by atoms with Gasteiger partial charge in [-0.15, -0.1) is 0 Å². The van der Waals surface area contributed by atoms with Gasteiger partial charge >= 0.3 is 0 Å². The number of nitrogens with one attached hydrogen (secondary N) is 1. The van der Waals surface area contributed by atoms with E-state index in [9.17, 15) is 4.79 Å². The number of hydrogen-bond donors (Lipinski definition) is 1. The van der Waals surface area contributed by atoms with E-state index in [1.807, 2.05) is 46.1 Å². The molecule has 1 fully saturated rings. The Labute approximate surface area is 140 Å². The van der Waals surface area contributed by atoms with E-state index in [1.54, 1.807) is 13.3 Å². The van der Waals surface area contributed by atoms with Crippen molar-refractivity contribution in [2.75, 3.05) is 13.7 Å². The molecule has 1 saturated heterocycles. The third kappa shape index (κ3) is 2.64. The van der Waals surface area contributed by atoms with Crippen LogP contribution in [0.1, 0.15) is 23.3 Å². The molecule has 124 valence electrons.